The topological polar surface area (TPSA) is 80.4 Å². The fraction of sp³-hybridized carbons (Fsp3) is 0. The van der Waals surface area contributed by atoms with Crippen LogP contribution in [0.5, 0.6) is 0 Å². The molecule has 0 unspecified atom stereocenters. The second-order valence-electron chi connectivity index (χ2n) is 21.6. The van der Waals surface area contributed by atoms with Crippen LogP contribution in [0.4, 0.5) is 0 Å². The number of nitriles is 2. The van der Waals surface area contributed by atoms with Gasteiger partial charge >= 0.3 is 0 Å². The van der Waals surface area contributed by atoms with E-state index in [2.05, 4.69) is 273 Å². The molecule has 5 heterocycles. The van der Waals surface area contributed by atoms with Gasteiger partial charge in [-0.15, -0.1) is 0 Å². The quantitative estimate of drug-likeness (QED) is 0.161. The van der Waals surface area contributed by atoms with Gasteiger partial charge in [-0.1, -0.05) is 194 Å². The maximum atomic E-state index is 13.0. The lowest BCUT2D eigenvalue weighted by Crippen LogP contribution is -2.16. The molecule has 18 rings (SSSR count). The fourth-order valence-corrected chi connectivity index (χ4v) is 14.3. The zero-order valence-corrected chi connectivity index (χ0v) is 44.3. The van der Waals surface area contributed by atoms with Crippen LogP contribution in [0.3, 0.4) is 0 Å². The van der Waals surface area contributed by atoms with E-state index in [-0.39, 0.29) is 0 Å². The van der Waals surface area contributed by atoms with E-state index in [0.717, 1.165) is 131 Å². The third-order valence-electron chi connectivity index (χ3n) is 17.6. The molecule has 0 saturated carbocycles. The van der Waals surface area contributed by atoms with Crippen molar-refractivity contribution in [2.75, 3.05) is 0 Å². The van der Waals surface area contributed by atoms with E-state index in [4.69, 9.17) is 4.42 Å². The summed E-state index contributed by atoms with van der Waals surface area (Å²) in [4.78, 5) is 0. The van der Waals surface area contributed by atoms with Crippen molar-refractivity contribution in [3.05, 3.63) is 266 Å². The first kappa shape index (κ1) is 45.2. The summed E-state index contributed by atoms with van der Waals surface area (Å²) in [5.41, 5.74) is 13.6. The molecule has 5 aromatic heterocycles. The monoisotopic (exact) mass is 1050 g/mol. The van der Waals surface area contributed by atoms with E-state index < -0.39 is 0 Å². The minimum atomic E-state index is 0.373. The second-order valence-corrected chi connectivity index (χ2v) is 21.6. The highest BCUT2D eigenvalue weighted by Crippen LogP contribution is 2.52. The number of hydrogen-bond acceptors (Lipinski definition) is 3. The maximum Gasteiger partial charge on any atom is 0.160 e. The number of rotatable bonds is 5. The van der Waals surface area contributed by atoms with Gasteiger partial charge in [0.1, 0.15) is 28.8 Å². The average molecular weight is 1060 g/mol. The lowest BCUT2D eigenvalue weighted by atomic mass is 9.91. The van der Waals surface area contributed by atoms with Crippen LogP contribution in [-0.4, -0.2) is 18.3 Å². The minimum absolute atomic E-state index is 0.373. The van der Waals surface area contributed by atoms with Gasteiger partial charge in [-0.05, 0) is 93.3 Å². The highest BCUT2D eigenvalue weighted by molar-refractivity contribution is 6.27. The van der Waals surface area contributed by atoms with Gasteiger partial charge in [0.15, 0.2) is 5.58 Å². The van der Waals surface area contributed by atoms with E-state index in [9.17, 15) is 10.5 Å². The number of fused-ring (bicyclic) bond motifs is 19. The lowest BCUT2D eigenvalue weighted by molar-refractivity contribution is 0.671. The number of para-hydroxylation sites is 7. The first-order chi connectivity index (χ1) is 41.2. The summed E-state index contributed by atoms with van der Waals surface area (Å²) >= 11 is 0. The van der Waals surface area contributed by atoms with Crippen molar-refractivity contribution in [1.82, 2.24) is 18.3 Å². The average Bonchev–Trinajstić information content (AvgIpc) is 2.15. The Hall–Kier alpha value is -11.6. The predicted octanol–water partition coefficient (Wildman–Crippen LogP) is 19.7. The van der Waals surface area contributed by atoms with Crippen LogP contribution in [0, 0.1) is 22.7 Å². The molecule has 0 aliphatic heterocycles. The normalized spacial score (nSPS) is 12.1. The van der Waals surface area contributed by atoms with Crippen LogP contribution in [0.1, 0.15) is 11.1 Å². The molecular formula is C76H42N6O. The number of nitrogens with zero attached hydrogens (tertiary/aromatic N) is 6. The summed E-state index contributed by atoms with van der Waals surface area (Å²) in [5.74, 6) is 0. The van der Waals surface area contributed by atoms with Crippen molar-refractivity contribution in [2.45, 2.75) is 0 Å². The summed E-state index contributed by atoms with van der Waals surface area (Å²) in [7, 11) is 0. The Morgan fingerprint density at radius 2 is 0.651 bits per heavy atom. The molecule has 13 aromatic carbocycles. The molecule has 382 valence electrons. The van der Waals surface area contributed by atoms with Gasteiger partial charge < -0.3 is 22.7 Å². The fourth-order valence-electron chi connectivity index (χ4n) is 14.3. The Morgan fingerprint density at radius 3 is 1.13 bits per heavy atom. The molecule has 0 atom stereocenters. The molecule has 7 heteroatoms. The number of hydrogen-bond donors (Lipinski definition) is 0. The second kappa shape index (κ2) is 16.9. The van der Waals surface area contributed by atoms with Gasteiger partial charge in [0.25, 0.3) is 0 Å². The summed E-state index contributed by atoms with van der Waals surface area (Å²) in [6.45, 7) is 0. The smallest absolute Gasteiger partial charge is 0.160 e. The molecule has 0 N–H and O–H groups in total. The van der Waals surface area contributed by atoms with Crippen LogP contribution in [0.25, 0.3) is 165 Å². The zero-order chi connectivity index (χ0) is 54.6. The summed E-state index contributed by atoms with van der Waals surface area (Å²) in [6, 6.07) is 95.4. The Bertz CT molecular complexity index is 5820. The van der Waals surface area contributed by atoms with Crippen molar-refractivity contribution < 1.29 is 4.42 Å². The van der Waals surface area contributed by atoms with E-state index in [1.165, 1.54) is 5.39 Å². The number of furan rings is 1. The van der Waals surface area contributed by atoms with E-state index in [1.54, 1.807) is 0 Å². The van der Waals surface area contributed by atoms with Crippen molar-refractivity contribution in [3.8, 4) is 46.0 Å². The Labute approximate surface area is 473 Å². The van der Waals surface area contributed by atoms with E-state index in [1.807, 2.05) is 12.1 Å². The third kappa shape index (κ3) is 5.99. The Morgan fingerprint density at radius 1 is 0.277 bits per heavy atom. The van der Waals surface area contributed by atoms with E-state index >= 15 is 0 Å². The zero-order valence-electron chi connectivity index (χ0n) is 44.3. The van der Waals surface area contributed by atoms with Crippen molar-refractivity contribution in [3.63, 3.8) is 0 Å². The van der Waals surface area contributed by atoms with Gasteiger partial charge in [0.05, 0.1) is 66.9 Å². The Kier molecular flexibility index (Phi) is 9.23. The SMILES string of the molecule is N#Cc1c(-n2c3ccccc3c3ccccc32)c(-n2c3ccccc3c3ccccc32)c(C#N)c(-n2c3cccc(-c4cc5ccccc5c5ccccc45)c3c3ccc4c5ccccc5oc4c32)c1-n1c2ccccc2c2ccccc21. The summed E-state index contributed by atoms with van der Waals surface area (Å²) in [5, 5.41) is 40.6. The highest BCUT2D eigenvalue weighted by atomic mass is 16.3. The molecule has 7 nitrogen and oxygen atoms in total. The van der Waals surface area contributed by atoms with Crippen LogP contribution in [0.15, 0.2) is 259 Å². The molecular weight excluding hydrogens is 1010 g/mol. The molecule has 0 saturated heterocycles. The molecule has 0 radical (unpaired) electrons. The molecule has 0 aliphatic rings. The number of aromatic nitrogens is 4. The Balaban J connectivity index is 1.15. The largest absolute Gasteiger partial charge is 0.454 e. The molecule has 0 amide bonds. The lowest BCUT2D eigenvalue weighted by Gasteiger charge is -2.27. The van der Waals surface area contributed by atoms with Crippen molar-refractivity contribution in [1.29, 1.82) is 10.5 Å². The van der Waals surface area contributed by atoms with Gasteiger partial charge in [-0.3, -0.25) is 0 Å². The molecule has 0 aliphatic carbocycles. The number of benzene rings is 13. The third-order valence-corrected chi connectivity index (χ3v) is 17.6. The van der Waals surface area contributed by atoms with Gasteiger partial charge in [-0.25, -0.2) is 0 Å². The first-order valence-electron chi connectivity index (χ1n) is 28.0. The van der Waals surface area contributed by atoms with Crippen molar-refractivity contribution in [2.24, 2.45) is 0 Å². The standard InChI is InChI=1S/C76H42N6O/c77-43-60-71(79-62-32-12-5-24-49(62)50-25-6-13-33-63(50)79)72(80-64-34-14-7-26-51(64)52-27-8-15-35-65(52)80)61(44-78)74(73(60)81-66-36-16-9-28-53(66)54-29-10-17-37-67(54)81)82-68-38-19-31-56(59-42-45-20-1-2-21-46(45)47-22-3-4-23-48(47)59)70(68)58-41-40-57-55-30-11-18-39-69(55)83-76(57)75(58)82/h1-42H. The first-order valence-corrected chi connectivity index (χ1v) is 28.0. The van der Waals surface area contributed by atoms with E-state index in [0.29, 0.717) is 39.5 Å². The van der Waals surface area contributed by atoms with Crippen LogP contribution < -0.4 is 0 Å². The van der Waals surface area contributed by atoms with Gasteiger partial charge in [0.2, 0.25) is 0 Å². The maximum absolute atomic E-state index is 13.0. The van der Waals surface area contributed by atoms with Crippen LogP contribution in [0.2, 0.25) is 0 Å². The van der Waals surface area contributed by atoms with Crippen LogP contribution in [-0.2, 0) is 0 Å². The van der Waals surface area contributed by atoms with Gasteiger partial charge in [0, 0.05) is 53.9 Å². The molecule has 0 spiro atoms. The van der Waals surface area contributed by atoms with Crippen molar-refractivity contribution >= 4 is 131 Å². The molecule has 0 bridgehead atoms. The van der Waals surface area contributed by atoms with Gasteiger partial charge in [-0.2, -0.15) is 10.5 Å². The molecule has 83 heavy (non-hydrogen) atoms. The minimum Gasteiger partial charge on any atom is -0.454 e. The highest BCUT2D eigenvalue weighted by Gasteiger charge is 2.35. The molecule has 0 fully saturated rings. The summed E-state index contributed by atoms with van der Waals surface area (Å²) < 4.78 is 16.3. The molecule has 18 aromatic rings. The predicted molar refractivity (Wildman–Crippen MR) is 341 cm³/mol. The van der Waals surface area contributed by atoms with Crippen LogP contribution >= 0.6 is 0 Å². The summed E-state index contributed by atoms with van der Waals surface area (Å²) in [6.07, 6.45) is 0.